The minimum absolute atomic E-state index is 0.0198. The molecule has 0 aromatic heterocycles. The van der Waals surface area contributed by atoms with Crippen LogP contribution in [0.15, 0.2) is 36.5 Å². The molecule has 0 saturated heterocycles. The monoisotopic (exact) mass is 812 g/mol. The van der Waals surface area contributed by atoms with Gasteiger partial charge in [0.25, 0.3) is 0 Å². The summed E-state index contributed by atoms with van der Waals surface area (Å²) >= 11 is 0. The molecule has 2 atom stereocenters. The van der Waals surface area contributed by atoms with Crippen molar-refractivity contribution >= 4 is 19.8 Å². The van der Waals surface area contributed by atoms with Gasteiger partial charge >= 0.3 is 19.8 Å². The summed E-state index contributed by atoms with van der Waals surface area (Å²) in [6.45, 7) is 4.19. The van der Waals surface area contributed by atoms with E-state index < -0.39 is 26.5 Å². The highest BCUT2D eigenvalue weighted by Crippen LogP contribution is 2.43. The van der Waals surface area contributed by atoms with Crippen LogP contribution in [0.1, 0.15) is 206 Å². The van der Waals surface area contributed by atoms with Crippen molar-refractivity contribution in [1.29, 1.82) is 0 Å². The summed E-state index contributed by atoms with van der Waals surface area (Å²) in [6, 6.07) is 0. The Labute approximate surface area is 344 Å². The summed E-state index contributed by atoms with van der Waals surface area (Å²) < 4.78 is 33.2. The van der Waals surface area contributed by atoms with Gasteiger partial charge in [-0.2, -0.15) is 0 Å². The minimum atomic E-state index is -4.35. The molecule has 10 heteroatoms. The Balaban J connectivity index is 4.21. The predicted molar refractivity (Wildman–Crippen MR) is 234 cm³/mol. The molecule has 0 amide bonds. The van der Waals surface area contributed by atoms with Crippen LogP contribution in [0.4, 0.5) is 0 Å². The van der Waals surface area contributed by atoms with Crippen molar-refractivity contribution in [3.8, 4) is 0 Å². The fraction of sp³-hybridized carbons (Fsp3) is 0.826. The van der Waals surface area contributed by atoms with Crippen molar-refractivity contribution in [2.75, 3.05) is 33.4 Å². The Morgan fingerprint density at radius 3 is 1.46 bits per heavy atom. The van der Waals surface area contributed by atoms with Crippen molar-refractivity contribution in [3.05, 3.63) is 36.5 Å². The van der Waals surface area contributed by atoms with Crippen LogP contribution in [-0.4, -0.2) is 56.3 Å². The first-order valence-electron chi connectivity index (χ1n) is 22.9. The van der Waals surface area contributed by atoms with E-state index in [4.69, 9.17) is 18.5 Å². The summed E-state index contributed by atoms with van der Waals surface area (Å²) in [5.74, 6) is -0.825. The predicted octanol–water partition coefficient (Wildman–Crippen LogP) is 13.2. The standard InChI is InChI=1S/C46H86NO8P/c1-4-6-8-10-12-14-16-18-20-22-24-26-28-30-32-34-36-38-45(48)52-42-44(43-54-56(50,51)53-41-40-47-3)55-46(49)39-37-35-33-31-29-27-25-23-21-19-17-15-13-11-9-7-5-2/h12,14,18,20,24,26,44,47H,4-11,13,15-17,19,21-23,25,27-43H2,1-3H3,(H,50,51)/b14-12-,20-18-,26-24-. The zero-order valence-corrected chi connectivity index (χ0v) is 37.2. The van der Waals surface area contributed by atoms with Gasteiger partial charge in [0.05, 0.1) is 13.2 Å². The van der Waals surface area contributed by atoms with Gasteiger partial charge < -0.3 is 19.7 Å². The maximum absolute atomic E-state index is 12.6. The summed E-state index contributed by atoms with van der Waals surface area (Å²) in [7, 11) is -2.65. The van der Waals surface area contributed by atoms with Gasteiger partial charge in [-0.1, -0.05) is 179 Å². The maximum Gasteiger partial charge on any atom is 0.472 e. The van der Waals surface area contributed by atoms with E-state index in [1.165, 1.54) is 116 Å². The molecule has 0 saturated carbocycles. The number of unbranched alkanes of at least 4 members (excludes halogenated alkanes) is 23. The van der Waals surface area contributed by atoms with Crippen molar-refractivity contribution in [2.45, 2.75) is 213 Å². The van der Waals surface area contributed by atoms with Crippen LogP contribution in [0.25, 0.3) is 0 Å². The molecule has 2 unspecified atom stereocenters. The second-order valence-corrected chi connectivity index (χ2v) is 16.7. The second kappa shape index (κ2) is 42.8. The van der Waals surface area contributed by atoms with Crippen LogP contribution in [0.5, 0.6) is 0 Å². The highest BCUT2D eigenvalue weighted by molar-refractivity contribution is 7.47. The lowest BCUT2D eigenvalue weighted by molar-refractivity contribution is -0.161. The van der Waals surface area contributed by atoms with E-state index >= 15 is 0 Å². The third-order valence-corrected chi connectivity index (χ3v) is 10.7. The van der Waals surface area contributed by atoms with Gasteiger partial charge in [0.1, 0.15) is 6.61 Å². The minimum Gasteiger partial charge on any atom is -0.462 e. The number of nitrogens with one attached hydrogen (secondary N) is 1. The zero-order chi connectivity index (χ0) is 41.1. The molecule has 0 aromatic carbocycles. The Morgan fingerprint density at radius 2 is 0.964 bits per heavy atom. The second-order valence-electron chi connectivity index (χ2n) is 15.2. The lowest BCUT2D eigenvalue weighted by atomic mass is 10.0. The molecule has 56 heavy (non-hydrogen) atoms. The number of phosphoric acid groups is 1. The maximum atomic E-state index is 12.6. The van der Waals surface area contributed by atoms with E-state index in [0.29, 0.717) is 19.4 Å². The number of ether oxygens (including phenoxy) is 2. The van der Waals surface area contributed by atoms with Crippen molar-refractivity contribution in [2.24, 2.45) is 0 Å². The molecule has 0 aliphatic rings. The van der Waals surface area contributed by atoms with E-state index in [1.807, 2.05) is 0 Å². The van der Waals surface area contributed by atoms with Crippen molar-refractivity contribution < 1.29 is 37.6 Å². The number of carbonyl (C=O) groups excluding carboxylic acids is 2. The normalized spacial score (nSPS) is 13.6. The van der Waals surface area contributed by atoms with Crippen LogP contribution >= 0.6 is 7.82 Å². The largest absolute Gasteiger partial charge is 0.472 e. The average Bonchev–Trinajstić information content (AvgIpc) is 3.18. The van der Waals surface area contributed by atoms with Gasteiger partial charge in [-0.25, -0.2) is 4.57 Å². The van der Waals surface area contributed by atoms with E-state index in [1.54, 1.807) is 7.05 Å². The number of phosphoric ester groups is 1. The Kier molecular flexibility index (Phi) is 41.5. The summed E-state index contributed by atoms with van der Waals surface area (Å²) in [5.41, 5.74) is 0. The van der Waals surface area contributed by atoms with Crippen LogP contribution in [-0.2, 0) is 32.7 Å². The van der Waals surface area contributed by atoms with Crippen LogP contribution in [0.2, 0.25) is 0 Å². The van der Waals surface area contributed by atoms with Crippen LogP contribution in [0.3, 0.4) is 0 Å². The van der Waals surface area contributed by atoms with Gasteiger partial charge in [0.15, 0.2) is 6.10 Å². The summed E-state index contributed by atoms with van der Waals surface area (Å²) in [4.78, 5) is 35.1. The number of carbonyl (C=O) groups is 2. The molecule has 2 N–H and O–H groups in total. The van der Waals surface area contributed by atoms with E-state index in [-0.39, 0.29) is 32.0 Å². The molecule has 0 bridgehead atoms. The highest BCUT2D eigenvalue weighted by Gasteiger charge is 2.26. The molecule has 0 fully saturated rings. The Morgan fingerprint density at radius 1 is 0.554 bits per heavy atom. The Hall–Kier alpha value is -1.77. The van der Waals surface area contributed by atoms with Gasteiger partial charge in [0.2, 0.25) is 0 Å². The Bertz CT molecular complexity index is 1020. The number of rotatable bonds is 43. The van der Waals surface area contributed by atoms with Crippen LogP contribution < -0.4 is 5.32 Å². The van der Waals surface area contributed by atoms with E-state index in [2.05, 4.69) is 55.6 Å². The van der Waals surface area contributed by atoms with Gasteiger partial charge in [0, 0.05) is 19.4 Å². The third-order valence-electron chi connectivity index (χ3n) is 9.76. The van der Waals surface area contributed by atoms with E-state index in [0.717, 1.165) is 51.4 Å². The number of esters is 2. The first kappa shape index (κ1) is 54.2. The topological polar surface area (TPSA) is 120 Å². The lowest BCUT2D eigenvalue weighted by Crippen LogP contribution is -2.29. The smallest absolute Gasteiger partial charge is 0.462 e. The van der Waals surface area contributed by atoms with E-state index in [9.17, 15) is 19.0 Å². The molecule has 0 aliphatic heterocycles. The molecule has 0 aliphatic carbocycles. The SMILES string of the molecule is CCCCC/C=C\C/C=C\C/C=C\CCCCCCC(=O)OCC(COP(=O)(O)OCCNC)OC(=O)CCCCCCCCCCCCCCCCCCC. The first-order valence-corrected chi connectivity index (χ1v) is 24.4. The molecule has 9 nitrogen and oxygen atoms in total. The van der Waals surface area contributed by atoms with Gasteiger partial charge in [-0.3, -0.25) is 18.6 Å². The number of hydrogen-bond donors (Lipinski definition) is 2. The van der Waals surface area contributed by atoms with Crippen molar-refractivity contribution in [1.82, 2.24) is 5.32 Å². The molecule has 328 valence electrons. The molecule has 0 aromatic rings. The first-order chi connectivity index (χ1) is 27.3. The lowest BCUT2D eigenvalue weighted by Gasteiger charge is -2.20. The third kappa shape index (κ3) is 41.9. The molecular formula is C46H86NO8P. The average molecular weight is 812 g/mol. The summed E-state index contributed by atoms with van der Waals surface area (Å²) in [5, 5.41) is 2.82. The highest BCUT2D eigenvalue weighted by atomic mass is 31.2. The fourth-order valence-electron chi connectivity index (χ4n) is 6.27. The molecular weight excluding hydrogens is 725 g/mol. The number of likely N-dealkylation sites (N-methyl/N-ethyl adjacent to an activating group) is 1. The zero-order valence-electron chi connectivity index (χ0n) is 36.3. The fourth-order valence-corrected chi connectivity index (χ4v) is 7.02. The molecule has 0 spiro atoms. The van der Waals surface area contributed by atoms with Gasteiger partial charge in [-0.05, 0) is 58.4 Å². The summed E-state index contributed by atoms with van der Waals surface area (Å²) in [6.07, 6.45) is 46.1. The number of allylic oxidation sites excluding steroid dienone is 6. The van der Waals surface area contributed by atoms with Crippen LogP contribution in [0, 0.1) is 0 Å². The quantitative estimate of drug-likeness (QED) is 0.0268. The molecule has 0 heterocycles. The number of hydrogen-bond acceptors (Lipinski definition) is 8. The molecule has 0 radical (unpaired) electrons. The van der Waals surface area contributed by atoms with Gasteiger partial charge in [-0.15, -0.1) is 0 Å². The molecule has 0 rings (SSSR count). The van der Waals surface area contributed by atoms with Crippen molar-refractivity contribution in [3.63, 3.8) is 0 Å².